The van der Waals surface area contributed by atoms with E-state index in [0.29, 0.717) is 12.0 Å². The van der Waals surface area contributed by atoms with E-state index in [0.717, 1.165) is 36.6 Å². The zero-order valence-electron chi connectivity index (χ0n) is 12.3. The third kappa shape index (κ3) is 3.55. The summed E-state index contributed by atoms with van der Waals surface area (Å²) in [5.74, 6) is 1.58. The Morgan fingerprint density at radius 1 is 1.29 bits per heavy atom. The van der Waals surface area contributed by atoms with Crippen LogP contribution >= 0.6 is 11.6 Å². The van der Waals surface area contributed by atoms with Crippen LogP contribution in [0.3, 0.4) is 0 Å². The van der Waals surface area contributed by atoms with Gasteiger partial charge in [0.1, 0.15) is 11.3 Å². The molecule has 5 heteroatoms. The van der Waals surface area contributed by atoms with E-state index in [2.05, 4.69) is 14.5 Å². The first kappa shape index (κ1) is 14.8. The summed E-state index contributed by atoms with van der Waals surface area (Å²) >= 11 is 5.89. The summed E-state index contributed by atoms with van der Waals surface area (Å²) in [4.78, 5) is 9.08. The van der Waals surface area contributed by atoms with Gasteiger partial charge in [-0.3, -0.25) is 0 Å². The lowest BCUT2D eigenvalue weighted by Crippen LogP contribution is -2.20. The Morgan fingerprint density at radius 2 is 2.14 bits per heavy atom. The first-order valence-corrected chi connectivity index (χ1v) is 8.39. The monoisotopic (exact) mass is 307 g/mol. The van der Waals surface area contributed by atoms with Crippen molar-refractivity contribution < 1.29 is 4.74 Å². The standard InChI is InChI=1S/C16H22ClN3O/c17-9-8-15-19-14-7-4-10-18-16(14)20(15)11-12-21-13-5-2-1-3-6-13/h4,7,10,13H,1-3,5-6,8-9,11-12H2. The van der Waals surface area contributed by atoms with Crippen LogP contribution in [0.15, 0.2) is 18.3 Å². The predicted molar refractivity (Wildman–Crippen MR) is 84.8 cm³/mol. The van der Waals surface area contributed by atoms with E-state index < -0.39 is 0 Å². The molecule has 0 bridgehead atoms. The number of alkyl halides is 1. The molecule has 0 atom stereocenters. The Morgan fingerprint density at radius 3 is 2.95 bits per heavy atom. The average Bonchev–Trinajstić information content (AvgIpc) is 2.87. The van der Waals surface area contributed by atoms with Crippen molar-refractivity contribution in [1.29, 1.82) is 0 Å². The van der Waals surface area contributed by atoms with E-state index in [1.807, 2.05) is 18.3 Å². The fourth-order valence-electron chi connectivity index (χ4n) is 3.06. The minimum Gasteiger partial charge on any atom is -0.376 e. The second-order valence-corrected chi connectivity index (χ2v) is 5.97. The van der Waals surface area contributed by atoms with E-state index in [4.69, 9.17) is 16.3 Å². The molecule has 21 heavy (non-hydrogen) atoms. The molecule has 2 heterocycles. The predicted octanol–water partition coefficient (Wildman–Crippen LogP) is 3.56. The zero-order valence-corrected chi connectivity index (χ0v) is 13.1. The molecule has 0 spiro atoms. The lowest BCUT2D eigenvalue weighted by molar-refractivity contribution is 0.0241. The summed E-state index contributed by atoms with van der Waals surface area (Å²) in [6.45, 7) is 1.53. The first-order chi connectivity index (χ1) is 10.4. The van der Waals surface area contributed by atoms with Crippen LogP contribution in [0, 0.1) is 0 Å². The van der Waals surface area contributed by atoms with Gasteiger partial charge in [0.05, 0.1) is 12.7 Å². The van der Waals surface area contributed by atoms with Gasteiger partial charge in [-0.15, -0.1) is 11.6 Å². The normalized spacial score (nSPS) is 16.6. The molecule has 1 fully saturated rings. The average molecular weight is 308 g/mol. The van der Waals surface area contributed by atoms with Gasteiger partial charge in [-0.25, -0.2) is 9.97 Å². The highest BCUT2D eigenvalue weighted by Crippen LogP contribution is 2.20. The highest BCUT2D eigenvalue weighted by Gasteiger charge is 2.15. The molecule has 0 N–H and O–H groups in total. The molecule has 1 aliphatic rings. The third-order valence-electron chi connectivity index (χ3n) is 4.12. The Bertz CT molecular complexity index is 578. The van der Waals surface area contributed by atoms with Gasteiger partial charge < -0.3 is 9.30 Å². The summed E-state index contributed by atoms with van der Waals surface area (Å²) in [6, 6.07) is 3.92. The Hall–Kier alpha value is -1.13. The van der Waals surface area contributed by atoms with E-state index >= 15 is 0 Å². The van der Waals surface area contributed by atoms with Crippen molar-refractivity contribution in [2.75, 3.05) is 12.5 Å². The Labute approximate surface area is 130 Å². The van der Waals surface area contributed by atoms with Crippen molar-refractivity contribution in [2.45, 2.75) is 51.2 Å². The quantitative estimate of drug-likeness (QED) is 0.766. The number of aromatic nitrogens is 3. The molecule has 2 aromatic heterocycles. The topological polar surface area (TPSA) is 39.9 Å². The van der Waals surface area contributed by atoms with Gasteiger partial charge in [0.25, 0.3) is 0 Å². The maximum Gasteiger partial charge on any atom is 0.160 e. The van der Waals surface area contributed by atoms with Gasteiger partial charge in [0.15, 0.2) is 5.65 Å². The van der Waals surface area contributed by atoms with Gasteiger partial charge in [-0.2, -0.15) is 0 Å². The number of aryl methyl sites for hydroxylation is 1. The second kappa shape index (κ2) is 7.23. The molecule has 0 radical (unpaired) electrons. The lowest BCUT2D eigenvalue weighted by Gasteiger charge is -2.22. The van der Waals surface area contributed by atoms with E-state index in [-0.39, 0.29) is 0 Å². The Balaban J connectivity index is 1.68. The maximum absolute atomic E-state index is 6.03. The van der Waals surface area contributed by atoms with Crippen LogP contribution in [0.4, 0.5) is 0 Å². The highest BCUT2D eigenvalue weighted by molar-refractivity contribution is 6.17. The lowest BCUT2D eigenvalue weighted by atomic mass is 9.98. The van der Waals surface area contributed by atoms with Crippen LogP contribution in [-0.4, -0.2) is 33.1 Å². The van der Waals surface area contributed by atoms with Crippen LogP contribution < -0.4 is 0 Å². The SMILES string of the molecule is ClCCc1nc2cccnc2n1CCOC1CCCCC1. The summed E-state index contributed by atoms with van der Waals surface area (Å²) in [5.41, 5.74) is 1.88. The number of ether oxygens (including phenoxy) is 1. The number of fused-ring (bicyclic) bond motifs is 1. The van der Waals surface area contributed by atoms with Gasteiger partial charge in [-0.05, 0) is 25.0 Å². The van der Waals surface area contributed by atoms with Gasteiger partial charge in [-0.1, -0.05) is 19.3 Å². The summed E-state index contributed by atoms with van der Waals surface area (Å²) < 4.78 is 8.18. The first-order valence-electron chi connectivity index (χ1n) is 7.86. The van der Waals surface area contributed by atoms with Gasteiger partial charge in [0, 0.05) is 25.0 Å². The minimum atomic E-state index is 0.443. The minimum absolute atomic E-state index is 0.443. The molecular weight excluding hydrogens is 286 g/mol. The number of pyridine rings is 1. The smallest absolute Gasteiger partial charge is 0.160 e. The molecule has 0 aromatic carbocycles. The van der Waals surface area contributed by atoms with Crippen molar-refractivity contribution in [3.8, 4) is 0 Å². The van der Waals surface area contributed by atoms with Crippen molar-refractivity contribution in [3.63, 3.8) is 0 Å². The molecule has 0 saturated heterocycles. The molecular formula is C16H22ClN3O. The summed E-state index contributed by atoms with van der Waals surface area (Å²) in [7, 11) is 0. The highest BCUT2D eigenvalue weighted by atomic mass is 35.5. The van der Waals surface area contributed by atoms with Crippen LogP contribution in [-0.2, 0) is 17.7 Å². The molecule has 1 aliphatic carbocycles. The van der Waals surface area contributed by atoms with Crippen molar-refractivity contribution in [3.05, 3.63) is 24.2 Å². The molecule has 4 nitrogen and oxygen atoms in total. The summed E-state index contributed by atoms with van der Waals surface area (Å²) in [5, 5.41) is 0. The molecule has 0 amide bonds. The molecule has 114 valence electrons. The molecule has 1 saturated carbocycles. The van der Waals surface area contributed by atoms with Crippen molar-refractivity contribution >= 4 is 22.8 Å². The van der Waals surface area contributed by atoms with Gasteiger partial charge in [0.2, 0.25) is 0 Å². The molecule has 0 unspecified atom stereocenters. The fourth-order valence-corrected chi connectivity index (χ4v) is 3.23. The largest absolute Gasteiger partial charge is 0.376 e. The van der Waals surface area contributed by atoms with E-state index in [1.165, 1.54) is 32.1 Å². The number of hydrogen-bond acceptors (Lipinski definition) is 3. The van der Waals surface area contributed by atoms with Crippen molar-refractivity contribution in [2.24, 2.45) is 0 Å². The van der Waals surface area contributed by atoms with Crippen molar-refractivity contribution in [1.82, 2.24) is 14.5 Å². The van der Waals surface area contributed by atoms with Crippen LogP contribution in [0.1, 0.15) is 37.9 Å². The van der Waals surface area contributed by atoms with Crippen LogP contribution in [0.25, 0.3) is 11.2 Å². The summed E-state index contributed by atoms with van der Waals surface area (Å²) in [6.07, 6.45) is 9.40. The molecule has 3 rings (SSSR count). The number of nitrogens with zero attached hydrogens (tertiary/aromatic N) is 3. The number of imidazole rings is 1. The zero-order chi connectivity index (χ0) is 14.5. The second-order valence-electron chi connectivity index (χ2n) is 5.60. The maximum atomic E-state index is 6.03. The number of hydrogen-bond donors (Lipinski definition) is 0. The van der Waals surface area contributed by atoms with Crippen LogP contribution in [0.2, 0.25) is 0 Å². The molecule has 2 aromatic rings. The number of halogens is 1. The molecule has 0 aliphatic heterocycles. The third-order valence-corrected chi connectivity index (χ3v) is 4.31. The fraction of sp³-hybridized carbons (Fsp3) is 0.625. The van der Waals surface area contributed by atoms with E-state index in [1.54, 1.807) is 0 Å². The Kier molecular flexibility index (Phi) is 5.09. The van der Waals surface area contributed by atoms with Gasteiger partial charge >= 0.3 is 0 Å². The van der Waals surface area contributed by atoms with E-state index in [9.17, 15) is 0 Å². The van der Waals surface area contributed by atoms with Crippen LogP contribution in [0.5, 0.6) is 0 Å². The number of rotatable bonds is 6.